The standard InChI is InChI=1S/C11H9F3O3/c1-16-10(15)7-6-8-4-2-3-5-9(8)17-11(12,13)14/h2-7H,1H3. The normalized spacial score (nSPS) is 11.5. The second-order valence-corrected chi connectivity index (χ2v) is 2.94. The summed E-state index contributed by atoms with van der Waals surface area (Å²) < 4.78 is 44.3. The highest BCUT2D eigenvalue weighted by molar-refractivity contribution is 5.87. The Hall–Kier alpha value is -1.98. The van der Waals surface area contributed by atoms with Crippen LogP contribution >= 0.6 is 0 Å². The number of hydrogen-bond acceptors (Lipinski definition) is 3. The summed E-state index contributed by atoms with van der Waals surface area (Å²) in [5, 5.41) is 0. The summed E-state index contributed by atoms with van der Waals surface area (Å²) >= 11 is 0. The second kappa shape index (κ2) is 5.38. The fourth-order valence-corrected chi connectivity index (χ4v) is 1.06. The van der Waals surface area contributed by atoms with Gasteiger partial charge in [0.1, 0.15) is 5.75 Å². The van der Waals surface area contributed by atoms with Crippen molar-refractivity contribution in [2.45, 2.75) is 6.36 Å². The van der Waals surface area contributed by atoms with Gasteiger partial charge in [-0.2, -0.15) is 0 Å². The van der Waals surface area contributed by atoms with E-state index < -0.39 is 12.3 Å². The highest BCUT2D eigenvalue weighted by Gasteiger charge is 2.31. The molecule has 0 fully saturated rings. The molecule has 0 aliphatic carbocycles. The van der Waals surface area contributed by atoms with Gasteiger partial charge >= 0.3 is 12.3 Å². The molecule has 0 unspecified atom stereocenters. The van der Waals surface area contributed by atoms with Crippen LogP contribution in [-0.2, 0) is 9.53 Å². The molecule has 0 amide bonds. The molecule has 0 saturated heterocycles. The second-order valence-electron chi connectivity index (χ2n) is 2.94. The molecule has 1 rings (SSSR count). The van der Waals surface area contributed by atoms with Crippen LogP contribution in [0.1, 0.15) is 5.56 Å². The SMILES string of the molecule is COC(=O)C=Cc1ccccc1OC(F)(F)F. The van der Waals surface area contributed by atoms with E-state index in [0.717, 1.165) is 12.1 Å². The van der Waals surface area contributed by atoms with E-state index in [-0.39, 0.29) is 11.3 Å². The molecule has 0 saturated carbocycles. The first-order chi connectivity index (χ1) is 7.92. The first-order valence-corrected chi connectivity index (χ1v) is 4.53. The lowest BCUT2D eigenvalue weighted by molar-refractivity contribution is -0.274. The lowest BCUT2D eigenvalue weighted by Gasteiger charge is -2.10. The van der Waals surface area contributed by atoms with E-state index in [2.05, 4.69) is 9.47 Å². The molecule has 0 heterocycles. The van der Waals surface area contributed by atoms with E-state index in [9.17, 15) is 18.0 Å². The van der Waals surface area contributed by atoms with E-state index in [1.807, 2.05) is 0 Å². The molecule has 1 aromatic rings. The Morgan fingerprint density at radius 1 is 1.29 bits per heavy atom. The minimum Gasteiger partial charge on any atom is -0.466 e. The van der Waals surface area contributed by atoms with Gasteiger partial charge in [-0.15, -0.1) is 13.2 Å². The number of rotatable bonds is 3. The molecule has 3 nitrogen and oxygen atoms in total. The molecular formula is C11H9F3O3. The summed E-state index contributed by atoms with van der Waals surface area (Å²) in [6, 6.07) is 5.47. The van der Waals surface area contributed by atoms with Crippen molar-refractivity contribution in [3.05, 3.63) is 35.9 Å². The average Bonchev–Trinajstić information content (AvgIpc) is 2.25. The Morgan fingerprint density at radius 3 is 2.53 bits per heavy atom. The smallest absolute Gasteiger partial charge is 0.466 e. The van der Waals surface area contributed by atoms with Crippen molar-refractivity contribution in [3.63, 3.8) is 0 Å². The molecule has 1 aromatic carbocycles. The third kappa shape index (κ3) is 4.58. The number of carbonyl (C=O) groups is 1. The van der Waals surface area contributed by atoms with Crippen molar-refractivity contribution >= 4 is 12.0 Å². The number of alkyl halides is 3. The number of halogens is 3. The van der Waals surface area contributed by atoms with Gasteiger partial charge in [-0.25, -0.2) is 4.79 Å². The molecule has 0 N–H and O–H groups in total. The minimum atomic E-state index is -4.77. The zero-order valence-corrected chi connectivity index (χ0v) is 8.82. The number of carbonyl (C=O) groups excluding carboxylic acids is 1. The van der Waals surface area contributed by atoms with Crippen LogP contribution < -0.4 is 4.74 Å². The van der Waals surface area contributed by atoms with Crippen molar-refractivity contribution in [3.8, 4) is 5.75 Å². The van der Waals surface area contributed by atoms with Gasteiger partial charge in [0.2, 0.25) is 0 Å². The fraction of sp³-hybridized carbons (Fsp3) is 0.182. The Bertz CT molecular complexity index is 424. The van der Waals surface area contributed by atoms with Crippen molar-refractivity contribution in [2.24, 2.45) is 0 Å². The summed E-state index contributed by atoms with van der Waals surface area (Å²) in [5.41, 5.74) is 0.134. The van der Waals surface area contributed by atoms with Gasteiger partial charge < -0.3 is 9.47 Å². The van der Waals surface area contributed by atoms with Gasteiger partial charge in [-0.1, -0.05) is 18.2 Å². The van der Waals surface area contributed by atoms with Crippen LogP contribution in [0, 0.1) is 0 Å². The zero-order valence-electron chi connectivity index (χ0n) is 8.82. The van der Waals surface area contributed by atoms with Gasteiger partial charge in [0.15, 0.2) is 0 Å². The highest BCUT2D eigenvalue weighted by atomic mass is 19.4. The molecule has 0 aliphatic heterocycles. The number of methoxy groups -OCH3 is 1. The van der Waals surface area contributed by atoms with E-state index in [0.29, 0.717) is 0 Å². The molecule has 92 valence electrons. The maximum absolute atomic E-state index is 12.0. The third-order valence-corrected chi connectivity index (χ3v) is 1.74. The summed E-state index contributed by atoms with van der Waals surface area (Å²) in [6.45, 7) is 0. The maximum Gasteiger partial charge on any atom is 0.573 e. The summed E-state index contributed by atoms with van der Waals surface area (Å²) in [5.74, 6) is -1.04. The molecule has 6 heteroatoms. The number of esters is 1. The largest absolute Gasteiger partial charge is 0.573 e. The van der Waals surface area contributed by atoms with Crippen LogP contribution in [0.15, 0.2) is 30.3 Å². The molecule has 0 aliphatic rings. The average molecular weight is 246 g/mol. The molecule has 0 spiro atoms. The van der Waals surface area contributed by atoms with Crippen LogP contribution in [0.4, 0.5) is 13.2 Å². The predicted molar refractivity (Wildman–Crippen MR) is 54.2 cm³/mol. The first-order valence-electron chi connectivity index (χ1n) is 4.53. The fourth-order valence-electron chi connectivity index (χ4n) is 1.06. The summed E-state index contributed by atoms with van der Waals surface area (Å²) in [6.07, 6.45) is -2.57. The third-order valence-electron chi connectivity index (χ3n) is 1.74. The van der Waals surface area contributed by atoms with Crippen molar-refractivity contribution in [2.75, 3.05) is 7.11 Å². The van der Waals surface area contributed by atoms with Crippen molar-refractivity contribution < 1.29 is 27.4 Å². The van der Waals surface area contributed by atoms with Gasteiger partial charge in [0.25, 0.3) is 0 Å². The van der Waals surface area contributed by atoms with Gasteiger partial charge in [-0.05, 0) is 12.1 Å². The van der Waals surface area contributed by atoms with Crippen LogP contribution in [0.3, 0.4) is 0 Å². The number of para-hydroxylation sites is 1. The molecule has 0 radical (unpaired) electrons. The van der Waals surface area contributed by atoms with Crippen LogP contribution in [0.2, 0.25) is 0 Å². The number of ether oxygens (including phenoxy) is 2. The molecule has 0 bridgehead atoms. The van der Waals surface area contributed by atoms with Crippen molar-refractivity contribution in [1.29, 1.82) is 0 Å². The molecule has 0 atom stereocenters. The summed E-state index contributed by atoms with van der Waals surface area (Å²) in [4.78, 5) is 10.8. The lowest BCUT2D eigenvalue weighted by Crippen LogP contribution is -2.17. The van der Waals surface area contributed by atoms with Crippen LogP contribution in [-0.4, -0.2) is 19.4 Å². The van der Waals surface area contributed by atoms with Gasteiger partial charge in [-0.3, -0.25) is 0 Å². The van der Waals surface area contributed by atoms with E-state index in [1.54, 1.807) is 0 Å². The first kappa shape index (κ1) is 13.1. The highest BCUT2D eigenvalue weighted by Crippen LogP contribution is 2.26. The Balaban J connectivity index is 2.92. The monoisotopic (exact) mass is 246 g/mol. The van der Waals surface area contributed by atoms with Gasteiger partial charge in [0.05, 0.1) is 7.11 Å². The van der Waals surface area contributed by atoms with Crippen LogP contribution in [0.25, 0.3) is 6.08 Å². The summed E-state index contributed by atoms with van der Waals surface area (Å²) in [7, 11) is 1.17. The number of benzene rings is 1. The van der Waals surface area contributed by atoms with Crippen molar-refractivity contribution in [1.82, 2.24) is 0 Å². The van der Waals surface area contributed by atoms with Crippen LogP contribution in [0.5, 0.6) is 5.75 Å². The van der Waals surface area contributed by atoms with E-state index in [4.69, 9.17) is 0 Å². The Kier molecular flexibility index (Phi) is 4.14. The zero-order chi connectivity index (χ0) is 12.9. The predicted octanol–water partition coefficient (Wildman–Crippen LogP) is 2.77. The van der Waals surface area contributed by atoms with E-state index in [1.165, 1.54) is 31.4 Å². The lowest BCUT2D eigenvalue weighted by atomic mass is 10.2. The topological polar surface area (TPSA) is 35.5 Å². The molecular weight excluding hydrogens is 237 g/mol. The van der Waals surface area contributed by atoms with E-state index >= 15 is 0 Å². The molecule has 0 aromatic heterocycles. The van der Waals surface area contributed by atoms with Gasteiger partial charge in [0, 0.05) is 11.6 Å². The Labute approximate surface area is 95.5 Å². The minimum absolute atomic E-state index is 0.134. The maximum atomic E-state index is 12.0. The molecule has 17 heavy (non-hydrogen) atoms. The Morgan fingerprint density at radius 2 is 1.94 bits per heavy atom. The quantitative estimate of drug-likeness (QED) is 0.607. The number of hydrogen-bond donors (Lipinski definition) is 0.